The average molecular weight is 405 g/mol. The highest BCUT2D eigenvalue weighted by atomic mass is 32.2. The Morgan fingerprint density at radius 2 is 1.79 bits per heavy atom. The van der Waals surface area contributed by atoms with Crippen LogP contribution in [-0.2, 0) is 16.1 Å². The summed E-state index contributed by atoms with van der Waals surface area (Å²) in [6.07, 6.45) is -0.811. The molecule has 1 aromatic carbocycles. The van der Waals surface area contributed by atoms with Gasteiger partial charge in [-0.05, 0) is 33.3 Å². The summed E-state index contributed by atoms with van der Waals surface area (Å²) in [5.41, 5.74) is 1.89. The number of carboxylic acids is 1. The molecule has 3 atom stereocenters. The molecule has 1 fully saturated rings. The summed E-state index contributed by atoms with van der Waals surface area (Å²) in [5, 5.41) is 21.2. The summed E-state index contributed by atoms with van der Waals surface area (Å²) < 4.78 is 1.00. The van der Waals surface area contributed by atoms with E-state index in [1.807, 2.05) is 24.3 Å². The molecule has 1 saturated heterocycles. The molecule has 152 valence electrons. The third kappa shape index (κ3) is 3.36. The van der Waals surface area contributed by atoms with E-state index in [1.54, 1.807) is 6.92 Å². The summed E-state index contributed by atoms with van der Waals surface area (Å²) in [4.78, 5) is 25.8. The fraction of sp³-hybridized carbons (Fsp3) is 0.524. The van der Waals surface area contributed by atoms with Gasteiger partial charge in [0.2, 0.25) is 5.91 Å². The van der Waals surface area contributed by atoms with Crippen molar-refractivity contribution >= 4 is 28.5 Å². The molecule has 28 heavy (non-hydrogen) atoms. The second kappa shape index (κ2) is 7.89. The quantitative estimate of drug-likeness (QED) is 0.523. The molecule has 2 aliphatic rings. The Balaban J connectivity index is 1.87. The van der Waals surface area contributed by atoms with Gasteiger partial charge in [-0.1, -0.05) is 36.0 Å². The van der Waals surface area contributed by atoms with Crippen LogP contribution < -0.4 is 5.11 Å². The van der Waals surface area contributed by atoms with E-state index in [4.69, 9.17) is 0 Å². The minimum atomic E-state index is -1.36. The molecule has 6 nitrogen and oxygen atoms in total. The van der Waals surface area contributed by atoms with Crippen molar-refractivity contribution in [3.05, 3.63) is 41.1 Å². The van der Waals surface area contributed by atoms with Gasteiger partial charge in [-0.25, -0.2) is 0 Å². The van der Waals surface area contributed by atoms with Crippen LogP contribution in [0.2, 0.25) is 0 Å². The molecule has 3 rings (SSSR count). The van der Waals surface area contributed by atoms with E-state index in [-0.39, 0.29) is 17.0 Å². The van der Waals surface area contributed by atoms with Gasteiger partial charge in [-0.2, -0.15) is 0 Å². The number of β-lactam (4-membered cyclic amide) rings is 1. The third-order valence-electron chi connectivity index (χ3n) is 6.24. The van der Waals surface area contributed by atoms with Crippen LogP contribution in [0.5, 0.6) is 0 Å². The number of quaternary nitrogens is 1. The molecule has 7 heteroatoms. The first-order valence-corrected chi connectivity index (χ1v) is 10.7. The molecule has 1 N–H and O–H groups in total. The smallest absolute Gasteiger partial charge is 0.236 e. The molecule has 0 aliphatic carbocycles. The van der Waals surface area contributed by atoms with Crippen LogP contribution in [0.1, 0.15) is 38.8 Å². The number of hydrogen-bond acceptors (Lipinski definition) is 5. The number of nitrogens with zero attached hydrogens (tertiary/aromatic N) is 2. The van der Waals surface area contributed by atoms with Gasteiger partial charge < -0.3 is 19.5 Å². The van der Waals surface area contributed by atoms with Gasteiger partial charge in [-0.3, -0.25) is 9.69 Å². The van der Waals surface area contributed by atoms with E-state index in [2.05, 4.69) is 20.8 Å². The minimum Gasteiger partial charge on any atom is -0.543 e. The molecule has 0 unspecified atom stereocenters. The molecule has 2 heterocycles. The Labute approximate surface area is 170 Å². The number of rotatable bonds is 8. The number of benzene rings is 1. The van der Waals surface area contributed by atoms with E-state index < -0.39 is 18.0 Å². The number of hydrogen-bond donors (Lipinski definition) is 1. The molecular weight excluding hydrogens is 376 g/mol. The Bertz CT molecular complexity index is 791. The maximum absolute atomic E-state index is 12.3. The number of amides is 1. The summed E-state index contributed by atoms with van der Waals surface area (Å²) in [6.45, 7) is 12.3. The zero-order chi connectivity index (χ0) is 20.6. The number of aliphatic carboxylic acids is 1. The van der Waals surface area contributed by atoms with Crippen LogP contribution in [0, 0.1) is 5.92 Å². The normalized spacial score (nSPS) is 22.9. The van der Waals surface area contributed by atoms with Crippen molar-refractivity contribution in [1.29, 1.82) is 0 Å². The lowest BCUT2D eigenvalue weighted by atomic mass is 9.92. The number of aliphatic hydroxyl groups excluding tert-OH is 1. The van der Waals surface area contributed by atoms with Crippen LogP contribution in [0.3, 0.4) is 0 Å². The second-order valence-electron chi connectivity index (χ2n) is 7.59. The highest BCUT2D eigenvalue weighted by Gasteiger charge is 2.56. The van der Waals surface area contributed by atoms with Crippen molar-refractivity contribution in [2.45, 2.75) is 45.7 Å². The lowest BCUT2D eigenvalue weighted by Gasteiger charge is -2.44. The molecule has 0 saturated carbocycles. The number of carboxylic acid groups (broad SMARTS) is 1. The van der Waals surface area contributed by atoms with Crippen molar-refractivity contribution in [2.75, 3.05) is 19.6 Å². The zero-order valence-corrected chi connectivity index (χ0v) is 17.7. The predicted octanol–water partition coefficient (Wildman–Crippen LogP) is 1.39. The van der Waals surface area contributed by atoms with Gasteiger partial charge in [0.15, 0.2) is 0 Å². The SMILES string of the molecule is CC[N+](CC)(CC)Cc1ccc(C2=C(C(=O)[O-])N3C(=O)[C@H]([C@@H](C)O)[C@H]3S2)cc1. The van der Waals surface area contributed by atoms with Crippen molar-refractivity contribution in [2.24, 2.45) is 5.92 Å². The van der Waals surface area contributed by atoms with Crippen LogP contribution in [0.4, 0.5) is 0 Å². The summed E-state index contributed by atoms with van der Waals surface area (Å²) in [5.74, 6) is -2.29. The predicted molar refractivity (Wildman–Crippen MR) is 107 cm³/mol. The first-order valence-electron chi connectivity index (χ1n) is 9.86. The van der Waals surface area contributed by atoms with Crippen molar-refractivity contribution < 1.29 is 24.3 Å². The van der Waals surface area contributed by atoms with Crippen LogP contribution in [0.15, 0.2) is 30.0 Å². The first-order chi connectivity index (χ1) is 13.3. The molecule has 1 amide bonds. The van der Waals surface area contributed by atoms with Crippen molar-refractivity contribution in [1.82, 2.24) is 4.90 Å². The minimum absolute atomic E-state index is 0.0783. The van der Waals surface area contributed by atoms with Gasteiger partial charge in [0, 0.05) is 10.5 Å². The molecule has 0 bridgehead atoms. The van der Waals surface area contributed by atoms with Crippen molar-refractivity contribution in [3.63, 3.8) is 0 Å². The number of carbonyl (C=O) groups excluding carboxylic acids is 2. The van der Waals surface area contributed by atoms with E-state index in [0.29, 0.717) is 4.91 Å². The number of thioether (sulfide) groups is 1. The highest BCUT2D eigenvalue weighted by Crippen LogP contribution is 2.53. The fourth-order valence-electron chi connectivity index (χ4n) is 4.13. The summed E-state index contributed by atoms with van der Waals surface area (Å²) in [6, 6.07) is 7.91. The molecule has 0 radical (unpaired) electrons. The molecule has 0 aromatic heterocycles. The maximum Gasteiger partial charge on any atom is 0.236 e. The second-order valence-corrected chi connectivity index (χ2v) is 8.72. The number of fused-ring (bicyclic) bond motifs is 1. The first kappa shape index (κ1) is 20.9. The highest BCUT2D eigenvalue weighted by molar-refractivity contribution is 8.09. The molecule has 1 aromatic rings. The standard InChI is InChI=1S/C21H28N2O4S/c1-5-23(6-2,7-3)12-14-8-10-15(11-9-14)18-17(21(26)27)22-19(25)16(13(4)24)20(22)28-18/h8-11,13,16,20,24H,5-7,12H2,1-4H3/t13-,16+,20-/m1/s1. The average Bonchev–Trinajstić information content (AvgIpc) is 3.01. The fourth-order valence-corrected chi connectivity index (χ4v) is 5.74. The zero-order valence-electron chi connectivity index (χ0n) is 16.8. The van der Waals surface area contributed by atoms with Gasteiger partial charge in [0.25, 0.3) is 0 Å². The lowest BCUT2D eigenvalue weighted by molar-refractivity contribution is -0.936. The van der Waals surface area contributed by atoms with Gasteiger partial charge in [0.1, 0.15) is 11.9 Å². The van der Waals surface area contributed by atoms with Crippen molar-refractivity contribution in [3.8, 4) is 0 Å². The lowest BCUT2D eigenvalue weighted by Crippen LogP contribution is -2.61. The molecule has 2 aliphatic heterocycles. The van der Waals surface area contributed by atoms with E-state index in [1.165, 1.54) is 22.2 Å². The Morgan fingerprint density at radius 3 is 2.25 bits per heavy atom. The van der Waals surface area contributed by atoms with E-state index >= 15 is 0 Å². The van der Waals surface area contributed by atoms with Gasteiger partial charge in [-0.15, -0.1) is 0 Å². The Hall–Kier alpha value is -1.83. The van der Waals surface area contributed by atoms with Crippen LogP contribution in [-0.4, -0.2) is 57.5 Å². The number of carbonyl (C=O) groups is 2. The maximum atomic E-state index is 12.3. The van der Waals surface area contributed by atoms with E-state index in [0.717, 1.165) is 36.2 Å². The topological polar surface area (TPSA) is 80.7 Å². The van der Waals surface area contributed by atoms with Gasteiger partial charge >= 0.3 is 0 Å². The Kier molecular flexibility index (Phi) is 5.89. The monoisotopic (exact) mass is 404 g/mol. The largest absolute Gasteiger partial charge is 0.543 e. The Morgan fingerprint density at radius 1 is 1.21 bits per heavy atom. The third-order valence-corrected chi connectivity index (χ3v) is 7.65. The summed E-state index contributed by atoms with van der Waals surface area (Å²) in [7, 11) is 0. The van der Waals surface area contributed by atoms with E-state index in [9.17, 15) is 19.8 Å². The summed E-state index contributed by atoms with van der Waals surface area (Å²) >= 11 is 1.32. The number of aliphatic hydroxyl groups is 1. The van der Waals surface area contributed by atoms with Gasteiger partial charge in [0.05, 0.1) is 43.3 Å². The van der Waals surface area contributed by atoms with Crippen LogP contribution >= 0.6 is 11.8 Å². The molecular formula is C21H28N2O4S. The molecule has 0 spiro atoms. The van der Waals surface area contributed by atoms with Crippen LogP contribution in [0.25, 0.3) is 4.91 Å².